The molecular formula is C23H23FN2O4S. The summed E-state index contributed by atoms with van der Waals surface area (Å²) in [5.41, 5.74) is 2.91. The molecule has 1 saturated carbocycles. The quantitative estimate of drug-likeness (QED) is 0.656. The van der Waals surface area contributed by atoms with E-state index in [9.17, 15) is 17.6 Å². The van der Waals surface area contributed by atoms with Gasteiger partial charge in [-0.15, -0.1) is 0 Å². The highest BCUT2D eigenvalue weighted by atomic mass is 32.2. The van der Waals surface area contributed by atoms with E-state index in [4.69, 9.17) is 4.42 Å². The number of aryl methyl sites for hydroxylation is 1. The number of sulfonamides is 1. The third-order valence-corrected chi connectivity index (χ3v) is 7.04. The van der Waals surface area contributed by atoms with Crippen molar-refractivity contribution in [1.82, 2.24) is 5.32 Å². The van der Waals surface area contributed by atoms with E-state index in [0.717, 1.165) is 37.7 Å². The maximum absolute atomic E-state index is 13.5. The molecule has 2 aromatic carbocycles. The van der Waals surface area contributed by atoms with Gasteiger partial charge >= 0.3 is 0 Å². The van der Waals surface area contributed by atoms with E-state index in [0.29, 0.717) is 40.1 Å². The Morgan fingerprint density at radius 1 is 1.16 bits per heavy atom. The molecule has 0 bridgehead atoms. The molecule has 6 nitrogen and oxygen atoms in total. The SMILES string of the molecule is CS(=O)(=O)N1CCCCc2cc3c(C(=O)NC4CC4)c(-c4ccc(F)cc4)oc3cc21. The summed E-state index contributed by atoms with van der Waals surface area (Å²) < 4.78 is 45.8. The molecule has 8 heteroatoms. The number of rotatable bonds is 4. The first kappa shape index (κ1) is 20.1. The topological polar surface area (TPSA) is 79.6 Å². The molecule has 3 aromatic rings. The second kappa shape index (κ2) is 7.37. The van der Waals surface area contributed by atoms with Crippen molar-refractivity contribution in [2.24, 2.45) is 0 Å². The number of furan rings is 1. The minimum Gasteiger partial charge on any atom is -0.455 e. The average molecular weight is 443 g/mol. The van der Waals surface area contributed by atoms with Crippen LogP contribution >= 0.6 is 0 Å². The van der Waals surface area contributed by atoms with Crippen LogP contribution in [-0.2, 0) is 16.4 Å². The van der Waals surface area contributed by atoms with Gasteiger partial charge in [-0.25, -0.2) is 12.8 Å². The zero-order valence-corrected chi connectivity index (χ0v) is 18.0. The van der Waals surface area contributed by atoms with Crippen molar-refractivity contribution >= 4 is 32.6 Å². The number of amides is 1. The number of benzene rings is 2. The van der Waals surface area contributed by atoms with Gasteiger partial charge in [-0.2, -0.15) is 0 Å². The average Bonchev–Trinajstić information content (AvgIpc) is 3.48. The fraction of sp³-hybridized carbons (Fsp3) is 0.348. The second-order valence-corrected chi connectivity index (χ2v) is 10.2. The molecule has 1 N–H and O–H groups in total. The van der Waals surface area contributed by atoms with Gasteiger partial charge < -0.3 is 9.73 Å². The number of fused-ring (bicyclic) bond motifs is 2. The summed E-state index contributed by atoms with van der Waals surface area (Å²) in [6.07, 6.45) is 5.44. The van der Waals surface area contributed by atoms with Gasteiger partial charge in [0, 0.05) is 29.6 Å². The van der Waals surface area contributed by atoms with Crippen molar-refractivity contribution in [3.05, 3.63) is 53.3 Å². The van der Waals surface area contributed by atoms with Crippen LogP contribution in [-0.4, -0.2) is 33.2 Å². The van der Waals surface area contributed by atoms with E-state index in [1.165, 1.54) is 22.7 Å². The highest BCUT2D eigenvalue weighted by molar-refractivity contribution is 7.92. The first-order valence-corrected chi connectivity index (χ1v) is 12.3. The molecule has 2 aliphatic rings. The van der Waals surface area contributed by atoms with Crippen LogP contribution in [0.4, 0.5) is 10.1 Å². The van der Waals surface area contributed by atoms with E-state index in [1.54, 1.807) is 18.2 Å². The molecule has 1 amide bonds. The first-order valence-electron chi connectivity index (χ1n) is 10.5. The molecule has 5 rings (SSSR count). The van der Waals surface area contributed by atoms with Crippen LogP contribution in [0.2, 0.25) is 0 Å². The molecule has 1 aliphatic carbocycles. The molecule has 0 atom stereocenters. The largest absolute Gasteiger partial charge is 0.455 e. The number of hydrogen-bond donors (Lipinski definition) is 1. The van der Waals surface area contributed by atoms with Crippen molar-refractivity contribution in [1.29, 1.82) is 0 Å². The monoisotopic (exact) mass is 442 g/mol. The Kier molecular flexibility index (Phi) is 4.77. The second-order valence-electron chi connectivity index (χ2n) is 8.33. The molecule has 2 heterocycles. The van der Waals surface area contributed by atoms with E-state index in [-0.39, 0.29) is 17.8 Å². The van der Waals surface area contributed by atoms with Crippen LogP contribution in [0.25, 0.3) is 22.3 Å². The van der Waals surface area contributed by atoms with Crippen LogP contribution in [0.15, 0.2) is 40.8 Å². The summed E-state index contributed by atoms with van der Waals surface area (Å²) in [6, 6.07) is 9.57. The van der Waals surface area contributed by atoms with Crippen LogP contribution in [0, 0.1) is 5.82 Å². The Balaban J connectivity index is 1.73. The molecule has 0 saturated heterocycles. The normalized spacial score (nSPS) is 16.8. The van der Waals surface area contributed by atoms with Crippen molar-refractivity contribution < 1.29 is 22.0 Å². The number of carbonyl (C=O) groups excluding carboxylic acids is 1. The fourth-order valence-electron chi connectivity index (χ4n) is 4.16. The standard InChI is InChI=1S/C23H23FN2O4S/c1-31(28,29)26-11-3-2-4-15-12-18-20(13-19(15)26)30-22(14-5-7-16(24)8-6-14)21(18)23(27)25-17-9-10-17/h5-8,12-13,17H,2-4,9-11H2,1H3,(H,25,27). The molecule has 1 fully saturated rings. The van der Waals surface area contributed by atoms with E-state index in [2.05, 4.69) is 5.32 Å². The Hall–Kier alpha value is -2.87. The number of halogens is 1. The third kappa shape index (κ3) is 3.80. The summed E-state index contributed by atoms with van der Waals surface area (Å²) >= 11 is 0. The molecule has 1 aromatic heterocycles. The molecule has 31 heavy (non-hydrogen) atoms. The Bertz CT molecular complexity index is 1280. The van der Waals surface area contributed by atoms with Crippen LogP contribution < -0.4 is 9.62 Å². The van der Waals surface area contributed by atoms with Crippen molar-refractivity contribution in [3.8, 4) is 11.3 Å². The maximum atomic E-state index is 13.5. The minimum absolute atomic E-state index is 0.167. The lowest BCUT2D eigenvalue weighted by Gasteiger charge is -2.22. The number of anilines is 1. The van der Waals surface area contributed by atoms with E-state index in [1.807, 2.05) is 6.07 Å². The van der Waals surface area contributed by atoms with Gasteiger partial charge in [0.25, 0.3) is 5.91 Å². The maximum Gasteiger partial charge on any atom is 0.256 e. The number of carbonyl (C=O) groups is 1. The molecule has 1 aliphatic heterocycles. The summed E-state index contributed by atoms with van der Waals surface area (Å²) in [5.74, 6) is -0.243. The molecule has 0 unspecified atom stereocenters. The third-order valence-electron chi connectivity index (χ3n) is 5.86. The summed E-state index contributed by atoms with van der Waals surface area (Å²) in [6.45, 7) is 0.415. The summed E-state index contributed by atoms with van der Waals surface area (Å²) in [7, 11) is -3.44. The van der Waals surface area contributed by atoms with E-state index < -0.39 is 10.0 Å². The predicted octanol–water partition coefficient (Wildman–Crippen LogP) is 4.23. The van der Waals surface area contributed by atoms with Gasteiger partial charge in [0.05, 0.1) is 17.5 Å². The molecular weight excluding hydrogens is 419 g/mol. The van der Waals surface area contributed by atoms with Crippen molar-refractivity contribution in [3.63, 3.8) is 0 Å². The smallest absolute Gasteiger partial charge is 0.256 e. The zero-order valence-electron chi connectivity index (χ0n) is 17.2. The van der Waals surface area contributed by atoms with E-state index >= 15 is 0 Å². The van der Waals surface area contributed by atoms with Crippen LogP contribution in [0.5, 0.6) is 0 Å². The fourth-order valence-corrected chi connectivity index (χ4v) is 5.15. The molecule has 0 radical (unpaired) electrons. The van der Waals surface area contributed by atoms with Gasteiger partial charge in [0.15, 0.2) is 0 Å². The minimum atomic E-state index is -3.44. The lowest BCUT2D eigenvalue weighted by atomic mass is 10.0. The molecule has 162 valence electrons. The van der Waals surface area contributed by atoms with Crippen LogP contribution in [0.3, 0.4) is 0 Å². The molecule has 0 spiro atoms. The van der Waals surface area contributed by atoms with Gasteiger partial charge in [0.2, 0.25) is 10.0 Å². The van der Waals surface area contributed by atoms with Gasteiger partial charge in [-0.3, -0.25) is 9.10 Å². The Labute approximate surface area is 180 Å². The first-order chi connectivity index (χ1) is 14.8. The number of hydrogen-bond acceptors (Lipinski definition) is 4. The predicted molar refractivity (Wildman–Crippen MR) is 117 cm³/mol. The Morgan fingerprint density at radius 2 is 1.90 bits per heavy atom. The summed E-state index contributed by atoms with van der Waals surface area (Å²) in [5, 5.41) is 3.66. The van der Waals surface area contributed by atoms with Gasteiger partial charge in [-0.1, -0.05) is 0 Å². The number of nitrogens with zero attached hydrogens (tertiary/aromatic N) is 1. The van der Waals surface area contributed by atoms with Crippen LogP contribution in [0.1, 0.15) is 41.6 Å². The number of nitrogens with one attached hydrogen (secondary N) is 1. The highest BCUT2D eigenvalue weighted by Crippen LogP contribution is 2.39. The van der Waals surface area contributed by atoms with Crippen molar-refractivity contribution in [2.75, 3.05) is 17.1 Å². The van der Waals surface area contributed by atoms with Gasteiger partial charge in [0.1, 0.15) is 17.2 Å². The van der Waals surface area contributed by atoms with Gasteiger partial charge in [-0.05, 0) is 68.0 Å². The Morgan fingerprint density at radius 3 is 2.58 bits per heavy atom. The highest BCUT2D eigenvalue weighted by Gasteiger charge is 2.30. The lowest BCUT2D eigenvalue weighted by molar-refractivity contribution is 0.0952. The lowest BCUT2D eigenvalue weighted by Crippen LogP contribution is -2.30. The zero-order chi connectivity index (χ0) is 21.8. The van der Waals surface area contributed by atoms with Crippen molar-refractivity contribution in [2.45, 2.75) is 38.1 Å². The summed E-state index contributed by atoms with van der Waals surface area (Å²) in [4.78, 5) is 13.1.